The van der Waals surface area contributed by atoms with E-state index in [4.69, 9.17) is 0 Å². The molecule has 0 radical (unpaired) electrons. The van der Waals surface area contributed by atoms with Gasteiger partial charge in [0.2, 0.25) is 0 Å². The van der Waals surface area contributed by atoms with E-state index in [0.717, 1.165) is 4.57 Å². The molecule has 6 heteroatoms. The lowest BCUT2D eigenvalue weighted by Gasteiger charge is -2.06. The molecule has 2 aromatic rings. The Morgan fingerprint density at radius 3 is 2.53 bits per heavy atom. The first-order valence-electron chi connectivity index (χ1n) is 4.42. The highest BCUT2D eigenvalue weighted by molar-refractivity contribution is 5.78. The summed E-state index contributed by atoms with van der Waals surface area (Å²) in [6.07, 6.45) is 1.42. The highest BCUT2D eigenvalue weighted by atomic mass is 16.2. The molecule has 6 nitrogen and oxygen atoms in total. The maximum atomic E-state index is 11.8. The van der Waals surface area contributed by atoms with Gasteiger partial charge in [-0.05, 0) is 6.92 Å². The predicted octanol–water partition coefficient (Wildman–Crippen LogP) is -0.664. The van der Waals surface area contributed by atoms with Crippen LogP contribution in [0.1, 0.15) is 5.69 Å². The fourth-order valence-corrected chi connectivity index (χ4v) is 1.57. The van der Waals surface area contributed by atoms with E-state index in [2.05, 4.69) is 10.2 Å². The van der Waals surface area contributed by atoms with Crippen LogP contribution in [0, 0.1) is 6.92 Å². The lowest BCUT2D eigenvalue weighted by molar-refractivity contribution is 0.709. The first-order valence-corrected chi connectivity index (χ1v) is 4.42. The van der Waals surface area contributed by atoms with Crippen LogP contribution in [-0.4, -0.2) is 19.3 Å². The van der Waals surface area contributed by atoms with Gasteiger partial charge in [0, 0.05) is 14.1 Å². The fourth-order valence-electron chi connectivity index (χ4n) is 1.57. The third kappa shape index (κ3) is 1.18. The summed E-state index contributed by atoms with van der Waals surface area (Å²) >= 11 is 0. The lowest BCUT2D eigenvalue weighted by atomic mass is 10.2. The molecule has 2 rings (SSSR count). The van der Waals surface area contributed by atoms with Gasteiger partial charge in [-0.1, -0.05) is 0 Å². The molecular formula is C9H10N4O2. The van der Waals surface area contributed by atoms with Gasteiger partial charge < -0.3 is 0 Å². The zero-order valence-electron chi connectivity index (χ0n) is 8.68. The maximum absolute atomic E-state index is 11.8. The standard InChI is InChI=1S/C9H10N4O2/c1-5-7-6(4-10-11-5)12(2)9(15)13(3)8(7)14/h4H,1-3H3. The third-order valence-electron chi connectivity index (χ3n) is 2.46. The molecule has 2 heterocycles. The van der Waals surface area contributed by atoms with E-state index in [0.29, 0.717) is 16.6 Å². The largest absolute Gasteiger partial charge is 0.330 e. The first-order chi connectivity index (χ1) is 7.04. The normalized spacial score (nSPS) is 10.9. The molecule has 0 aliphatic carbocycles. The summed E-state index contributed by atoms with van der Waals surface area (Å²) in [4.78, 5) is 23.4. The van der Waals surface area contributed by atoms with Crippen LogP contribution in [0.5, 0.6) is 0 Å². The minimum atomic E-state index is -0.361. The Labute approximate surface area is 84.8 Å². The monoisotopic (exact) mass is 206 g/mol. The van der Waals surface area contributed by atoms with Gasteiger partial charge >= 0.3 is 5.69 Å². The Morgan fingerprint density at radius 1 is 1.20 bits per heavy atom. The summed E-state index contributed by atoms with van der Waals surface area (Å²) in [5.74, 6) is 0. The van der Waals surface area contributed by atoms with E-state index < -0.39 is 0 Å². The molecular weight excluding hydrogens is 196 g/mol. The molecule has 0 saturated carbocycles. The molecule has 0 aliphatic heterocycles. The Kier molecular flexibility index (Phi) is 1.92. The number of aromatic nitrogens is 4. The van der Waals surface area contributed by atoms with Gasteiger partial charge in [-0.3, -0.25) is 13.9 Å². The minimum Gasteiger partial charge on any atom is -0.295 e. The predicted molar refractivity (Wildman–Crippen MR) is 54.8 cm³/mol. The van der Waals surface area contributed by atoms with Gasteiger partial charge in [0.1, 0.15) is 0 Å². The molecule has 0 fully saturated rings. The van der Waals surface area contributed by atoms with Crippen molar-refractivity contribution in [3.8, 4) is 0 Å². The summed E-state index contributed by atoms with van der Waals surface area (Å²) in [6, 6.07) is 0. The van der Waals surface area contributed by atoms with Crippen LogP contribution in [0.3, 0.4) is 0 Å². The molecule has 0 aliphatic rings. The summed E-state index contributed by atoms with van der Waals surface area (Å²) in [5, 5.41) is 7.97. The lowest BCUT2D eigenvalue weighted by Crippen LogP contribution is -2.37. The van der Waals surface area contributed by atoms with E-state index in [-0.39, 0.29) is 11.2 Å². The molecule has 0 saturated heterocycles. The number of hydrogen-bond donors (Lipinski definition) is 0. The van der Waals surface area contributed by atoms with E-state index in [1.165, 1.54) is 17.8 Å². The second-order valence-electron chi connectivity index (χ2n) is 3.40. The molecule has 0 amide bonds. The topological polar surface area (TPSA) is 69.8 Å². The van der Waals surface area contributed by atoms with E-state index in [1.54, 1.807) is 14.0 Å². The average Bonchev–Trinajstić information content (AvgIpc) is 2.23. The van der Waals surface area contributed by atoms with Crippen LogP contribution >= 0.6 is 0 Å². The summed E-state index contributed by atoms with van der Waals surface area (Å²) in [5.41, 5.74) is 0.347. The van der Waals surface area contributed by atoms with Crippen molar-refractivity contribution in [1.82, 2.24) is 19.3 Å². The van der Waals surface area contributed by atoms with Gasteiger partial charge in [0.15, 0.2) is 0 Å². The van der Waals surface area contributed by atoms with Gasteiger partial charge in [0.25, 0.3) is 5.56 Å². The highest BCUT2D eigenvalue weighted by Crippen LogP contribution is 2.06. The fraction of sp³-hybridized carbons (Fsp3) is 0.333. The van der Waals surface area contributed by atoms with Crippen LogP contribution in [0.15, 0.2) is 15.8 Å². The van der Waals surface area contributed by atoms with Crippen molar-refractivity contribution in [3.63, 3.8) is 0 Å². The van der Waals surface area contributed by atoms with Gasteiger partial charge in [-0.25, -0.2) is 4.79 Å². The molecule has 0 bridgehead atoms. The molecule has 15 heavy (non-hydrogen) atoms. The van der Waals surface area contributed by atoms with Crippen molar-refractivity contribution in [2.45, 2.75) is 6.92 Å². The molecule has 0 unspecified atom stereocenters. The third-order valence-corrected chi connectivity index (χ3v) is 2.46. The van der Waals surface area contributed by atoms with Crippen LogP contribution in [-0.2, 0) is 14.1 Å². The second kappa shape index (κ2) is 3.01. The molecule has 2 aromatic heterocycles. The Hall–Kier alpha value is -1.98. The molecule has 0 spiro atoms. The van der Waals surface area contributed by atoms with Crippen molar-refractivity contribution in [1.29, 1.82) is 0 Å². The quantitative estimate of drug-likeness (QED) is 0.573. The highest BCUT2D eigenvalue weighted by Gasteiger charge is 2.10. The zero-order valence-corrected chi connectivity index (χ0v) is 8.68. The van der Waals surface area contributed by atoms with Gasteiger partial charge in [-0.2, -0.15) is 10.2 Å². The molecule has 0 atom stereocenters. The van der Waals surface area contributed by atoms with E-state index in [9.17, 15) is 9.59 Å². The number of nitrogens with zero attached hydrogens (tertiary/aromatic N) is 4. The average molecular weight is 206 g/mol. The molecule has 0 aromatic carbocycles. The molecule has 78 valence electrons. The van der Waals surface area contributed by atoms with Crippen LogP contribution in [0.2, 0.25) is 0 Å². The van der Waals surface area contributed by atoms with Gasteiger partial charge in [-0.15, -0.1) is 0 Å². The minimum absolute atomic E-state index is 0.333. The number of hydrogen-bond acceptors (Lipinski definition) is 4. The van der Waals surface area contributed by atoms with Crippen molar-refractivity contribution in [3.05, 3.63) is 32.7 Å². The van der Waals surface area contributed by atoms with E-state index in [1.807, 2.05) is 0 Å². The Bertz CT molecular complexity index is 653. The zero-order chi connectivity index (χ0) is 11.2. The summed E-state index contributed by atoms with van der Waals surface area (Å²) < 4.78 is 2.45. The smallest absolute Gasteiger partial charge is 0.295 e. The SMILES string of the molecule is Cc1nncc2c1c(=O)n(C)c(=O)n2C. The van der Waals surface area contributed by atoms with Gasteiger partial charge in [0.05, 0.1) is 22.8 Å². The van der Waals surface area contributed by atoms with Crippen molar-refractivity contribution < 1.29 is 0 Å². The summed E-state index contributed by atoms with van der Waals surface area (Å²) in [7, 11) is 3.05. The van der Waals surface area contributed by atoms with E-state index >= 15 is 0 Å². The van der Waals surface area contributed by atoms with Crippen molar-refractivity contribution in [2.24, 2.45) is 14.1 Å². The first kappa shape index (κ1) is 9.57. The van der Waals surface area contributed by atoms with Crippen molar-refractivity contribution in [2.75, 3.05) is 0 Å². The van der Waals surface area contributed by atoms with Crippen molar-refractivity contribution >= 4 is 10.9 Å². The van der Waals surface area contributed by atoms with Crippen LogP contribution in [0.25, 0.3) is 10.9 Å². The maximum Gasteiger partial charge on any atom is 0.330 e. The van der Waals surface area contributed by atoms with Crippen LogP contribution < -0.4 is 11.2 Å². The second-order valence-corrected chi connectivity index (χ2v) is 3.40. The summed E-state index contributed by atoms with van der Waals surface area (Å²) in [6.45, 7) is 1.70. The Morgan fingerprint density at radius 2 is 1.87 bits per heavy atom. The number of rotatable bonds is 0. The van der Waals surface area contributed by atoms with Crippen LogP contribution in [0.4, 0.5) is 0 Å². The molecule has 0 N–H and O–H groups in total. The Balaban J connectivity index is 3.23. The number of aryl methyl sites for hydroxylation is 2. The number of fused-ring (bicyclic) bond motifs is 1.